The first-order valence-electron chi connectivity index (χ1n) is 12.0. The highest BCUT2D eigenvalue weighted by Gasteiger charge is 2.36. The van der Waals surface area contributed by atoms with Gasteiger partial charge < -0.3 is 20.0 Å². The second-order valence-corrected chi connectivity index (χ2v) is 9.51. The van der Waals surface area contributed by atoms with Gasteiger partial charge in [-0.1, -0.05) is 24.3 Å². The van der Waals surface area contributed by atoms with E-state index in [0.717, 1.165) is 30.6 Å². The molecule has 0 spiro atoms. The van der Waals surface area contributed by atoms with E-state index in [1.807, 2.05) is 23.6 Å². The van der Waals surface area contributed by atoms with Crippen molar-refractivity contribution in [2.45, 2.75) is 58.7 Å². The highest BCUT2D eigenvalue weighted by molar-refractivity contribution is 5.98. The number of carbonyl (C=O) groups excluding carboxylic acids is 2. The fourth-order valence-electron chi connectivity index (χ4n) is 5.15. The number of nitrogens with zero attached hydrogens (tertiary/aromatic N) is 5. The number of benzene rings is 1. The lowest BCUT2D eigenvalue weighted by Crippen LogP contribution is -2.48. The van der Waals surface area contributed by atoms with Crippen LogP contribution in [0.15, 0.2) is 24.3 Å². The minimum atomic E-state index is -0.0295. The third-order valence-corrected chi connectivity index (χ3v) is 7.10. The maximum absolute atomic E-state index is 13.2. The van der Waals surface area contributed by atoms with Crippen molar-refractivity contribution < 1.29 is 9.59 Å². The van der Waals surface area contributed by atoms with Gasteiger partial charge in [0.2, 0.25) is 11.9 Å². The van der Waals surface area contributed by atoms with E-state index in [1.54, 1.807) is 6.92 Å². The number of carbonyl (C=O) groups is 2. The molecule has 1 aromatic heterocycles. The van der Waals surface area contributed by atoms with Gasteiger partial charge in [0.05, 0.1) is 12.6 Å². The summed E-state index contributed by atoms with van der Waals surface area (Å²) in [5.41, 5.74) is 4.10. The SMILES string of the molecule is CC(=O)N1CCN(c2nc(NC3CCCc4ccccc43)c3c(n2)C(=O)N(C(C)C)C3)CC1. The van der Waals surface area contributed by atoms with Crippen LogP contribution in [0.25, 0.3) is 0 Å². The maximum Gasteiger partial charge on any atom is 0.273 e. The smallest absolute Gasteiger partial charge is 0.273 e. The number of piperazine rings is 1. The summed E-state index contributed by atoms with van der Waals surface area (Å²) in [4.78, 5) is 40.4. The van der Waals surface area contributed by atoms with Crippen LogP contribution in [0.1, 0.15) is 66.8 Å². The van der Waals surface area contributed by atoms with E-state index in [0.29, 0.717) is 44.4 Å². The van der Waals surface area contributed by atoms with Crippen LogP contribution in [0.2, 0.25) is 0 Å². The molecule has 1 aliphatic carbocycles. The van der Waals surface area contributed by atoms with Crippen LogP contribution in [0.4, 0.5) is 11.8 Å². The van der Waals surface area contributed by atoms with E-state index in [2.05, 4.69) is 34.5 Å². The van der Waals surface area contributed by atoms with Crippen LogP contribution in [0, 0.1) is 0 Å². The van der Waals surface area contributed by atoms with Crippen molar-refractivity contribution in [2.75, 3.05) is 36.4 Å². The van der Waals surface area contributed by atoms with E-state index in [-0.39, 0.29) is 23.9 Å². The minimum absolute atomic E-state index is 0.0295. The summed E-state index contributed by atoms with van der Waals surface area (Å²) in [6.45, 7) is 8.79. The normalized spacial score (nSPS) is 20.2. The number of fused-ring (bicyclic) bond motifs is 2. The number of aryl methyl sites for hydroxylation is 1. The van der Waals surface area contributed by atoms with Crippen LogP contribution < -0.4 is 10.2 Å². The summed E-state index contributed by atoms with van der Waals surface area (Å²) in [5.74, 6) is 1.40. The van der Waals surface area contributed by atoms with Gasteiger partial charge in [-0.25, -0.2) is 4.98 Å². The van der Waals surface area contributed by atoms with Crippen molar-refractivity contribution in [3.63, 3.8) is 0 Å². The van der Waals surface area contributed by atoms with Gasteiger partial charge >= 0.3 is 0 Å². The Morgan fingerprint density at radius 1 is 1.12 bits per heavy atom. The van der Waals surface area contributed by atoms with Crippen LogP contribution >= 0.6 is 0 Å². The molecule has 5 rings (SSSR count). The second kappa shape index (κ2) is 8.65. The Morgan fingerprint density at radius 2 is 1.88 bits per heavy atom. The Kier molecular flexibility index (Phi) is 5.68. The number of hydrogen-bond acceptors (Lipinski definition) is 6. The monoisotopic (exact) mass is 448 g/mol. The number of anilines is 2. The number of nitrogens with one attached hydrogen (secondary N) is 1. The van der Waals surface area contributed by atoms with Crippen LogP contribution in [0.3, 0.4) is 0 Å². The summed E-state index contributed by atoms with van der Waals surface area (Å²) < 4.78 is 0. The molecule has 1 N–H and O–H groups in total. The highest BCUT2D eigenvalue weighted by Crippen LogP contribution is 2.36. The lowest BCUT2D eigenvalue weighted by molar-refractivity contribution is -0.129. The molecule has 33 heavy (non-hydrogen) atoms. The Hall–Kier alpha value is -3.16. The minimum Gasteiger partial charge on any atom is -0.363 e. The van der Waals surface area contributed by atoms with Crippen molar-refractivity contribution >= 4 is 23.6 Å². The van der Waals surface area contributed by atoms with E-state index in [1.165, 1.54) is 11.1 Å². The van der Waals surface area contributed by atoms with Gasteiger partial charge in [-0.15, -0.1) is 0 Å². The molecular formula is C25H32N6O2. The molecule has 0 radical (unpaired) electrons. The number of hydrogen-bond donors (Lipinski definition) is 1. The van der Waals surface area contributed by atoms with Crippen LogP contribution in [0.5, 0.6) is 0 Å². The molecule has 1 atom stereocenters. The van der Waals surface area contributed by atoms with Gasteiger partial charge in [-0.2, -0.15) is 4.98 Å². The summed E-state index contributed by atoms with van der Waals surface area (Å²) in [6.07, 6.45) is 3.25. The molecule has 3 heterocycles. The zero-order chi connectivity index (χ0) is 23.1. The van der Waals surface area contributed by atoms with Crippen LogP contribution in [-0.4, -0.2) is 63.8 Å². The molecule has 3 aliphatic rings. The summed E-state index contributed by atoms with van der Waals surface area (Å²) >= 11 is 0. The fraction of sp³-hybridized carbons (Fsp3) is 0.520. The molecule has 1 saturated heterocycles. The van der Waals surface area contributed by atoms with Gasteiger partial charge in [0, 0.05) is 44.7 Å². The molecule has 1 fully saturated rings. The third kappa shape index (κ3) is 4.03. The number of rotatable bonds is 4. The zero-order valence-electron chi connectivity index (χ0n) is 19.7. The first-order valence-corrected chi connectivity index (χ1v) is 12.0. The fourth-order valence-corrected chi connectivity index (χ4v) is 5.15. The lowest BCUT2D eigenvalue weighted by atomic mass is 9.87. The van der Waals surface area contributed by atoms with Gasteiger partial charge in [-0.3, -0.25) is 9.59 Å². The predicted molar refractivity (Wildman–Crippen MR) is 127 cm³/mol. The topological polar surface area (TPSA) is 81.7 Å². The molecule has 0 saturated carbocycles. The van der Waals surface area contributed by atoms with E-state index >= 15 is 0 Å². The third-order valence-electron chi connectivity index (χ3n) is 7.10. The van der Waals surface area contributed by atoms with Gasteiger partial charge in [0.25, 0.3) is 5.91 Å². The molecule has 1 aromatic carbocycles. The molecule has 174 valence electrons. The molecule has 2 amide bonds. The van der Waals surface area contributed by atoms with E-state index in [9.17, 15) is 9.59 Å². The molecule has 2 aliphatic heterocycles. The Balaban J connectivity index is 1.49. The van der Waals surface area contributed by atoms with Gasteiger partial charge in [-0.05, 0) is 44.2 Å². The second-order valence-electron chi connectivity index (χ2n) is 9.51. The molecular weight excluding hydrogens is 416 g/mol. The lowest BCUT2D eigenvalue weighted by Gasteiger charge is -2.34. The highest BCUT2D eigenvalue weighted by atomic mass is 16.2. The molecule has 8 nitrogen and oxygen atoms in total. The van der Waals surface area contributed by atoms with Crippen LogP contribution in [-0.2, 0) is 17.8 Å². The molecule has 0 bridgehead atoms. The average Bonchev–Trinajstić information content (AvgIpc) is 3.16. The quantitative estimate of drug-likeness (QED) is 0.774. The molecule has 2 aromatic rings. The van der Waals surface area contributed by atoms with Gasteiger partial charge in [0.1, 0.15) is 11.5 Å². The largest absolute Gasteiger partial charge is 0.363 e. The first kappa shape index (κ1) is 21.7. The van der Waals surface area contributed by atoms with Crippen molar-refractivity contribution in [3.05, 3.63) is 46.6 Å². The Bertz CT molecular complexity index is 1080. The van der Waals surface area contributed by atoms with E-state index < -0.39 is 0 Å². The Morgan fingerprint density at radius 3 is 2.61 bits per heavy atom. The predicted octanol–water partition coefficient (Wildman–Crippen LogP) is 3.00. The summed E-state index contributed by atoms with van der Waals surface area (Å²) in [5, 5.41) is 3.70. The molecule has 8 heteroatoms. The standard InChI is InChI=1S/C25H32N6O2/c1-16(2)31-15-20-22(24(31)33)27-25(30-13-11-29(12-14-30)17(3)32)28-23(20)26-21-10-6-8-18-7-4-5-9-19(18)21/h4-5,7,9,16,21H,6,8,10-15H2,1-3H3,(H,26,27,28). The summed E-state index contributed by atoms with van der Waals surface area (Å²) in [7, 11) is 0. The van der Waals surface area contributed by atoms with Crippen molar-refractivity contribution in [1.29, 1.82) is 0 Å². The average molecular weight is 449 g/mol. The maximum atomic E-state index is 13.2. The van der Waals surface area contributed by atoms with Crippen molar-refractivity contribution in [1.82, 2.24) is 19.8 Å². The Labute approximate surface area is 195 Å². The molecule has 1 unspecified atom stereocenters. The first-order chi connectivity index (χ1) is 15.9. The zero-order valence-corrected chi connectivity index (χ0v) is 19.7. The van der Waals surface area contributed by atoms with Crippen molar-refractivity contribution in [2.24, 2.45) is 0 Å². The van der Waals surface area contributed by atoms with E-state index in [4.69, 9.17) is 9.97 Å². The summed E-state index contributed by atoms with van der Waals surface area (Å²) in [6, 6.07) is 8.85. The van der Waals surface area contributed by atoms with Crippen molar-refractivity contribution in [3.8, 4) is 0 Å². The van der Waals surface area contributed by atoms with Gasteiger partial charge in [0.15, 0.2) is 0 Å². The number of amides is 2. The number of aromatic nitrogens is 2.